The van der Waals surface area contributed by atoms with Gasteiger partial charge in [0.05, 0.1) is 0 Å². The van der Waals surface area contributed by atoms with E-state index in [1.165, 1.54) is 0 Å². The normalized spacial score (nSPS) is 18.6. The van der Waals surface area contributed by atoms with Crippen LogP contribution in [0.1, 0.15) is 43.3 Å². The van der Waals surface area contributed by atoms with Crippen LogP contribution < -0.4 is 0 Å². The predicted octanol–water partition coefficient (Wildman–Crippen LogP) is 1.76. The zero-order valence-corrected chi connectivity index (χ0v) is 12.8. The van der Waals surface area contributed by atoms with E-state index in [0.29, 0.717) is 18.9 Å². The monoisotopic (exact) mass is 303 g/mol. The van der Waals surface area contributed by atoms with Crippen LogP contribution in [-0.2, 0) is 11.3 Å². The Morgan fingerprint density at radius 1 is 1.50 bits per heavy atom. The maximum atomic E-state index is 12.3. The van der Waals surface area contributed by atoms with Crippen molar-refractivity contribution in [2.24, 2.45) is 0 Å². The zero-order chi connectivity index (χ0) is 15.4. The molecule has 3 rings (SSSR count). The molecule has 22 heavy (non-hydrogen) atoms. The lowest BCUT2D eigenvalue weighted by Crippen LogP contribution is -2.39. The fourth-order valence-electron chi connectivity index (χ4n) is 2.88. The van der Waals surface area contributed by atoms with Crippen molar-refractivity contribution in [2.45, 2.75) is 45.1 Å². The highest BCUT2D eigenvalue weighted by atomic mass is 16.5. The lowest BCUT2D eigenvalue weighted by atomic mass is 9.97. The van der Waals surface area contributed by atoms with E-state index in [2.05, 4.69) is 15.2 Å². The van der Waals surface area contributed by atoms with Gasteiger partial charge in [-0.1, -0.05) is 5.16 Å². The van der Waals surface area contributed by atoms with E-state index in [1.54, 1.807) is 13.1 Å². The molecular weight excluding hydrogens is 282 g/mol. The highest BCUT2D eigenvalue weighted by molar-refractivity contribution is 5.76. The van der Waals surface area contributed by atoms with Crippen LogP contribution in [0.4, 0.5) is 0 Å². The van der Waals surface area contributed by atoms with Crippen molar-refractivity contribution in [3.8, 4) is 0 Å². The molecule has 1 aliphatic rings. The molecule has 2 aromatic rings. The summed E-state index contributed by atoms with van der Waals surface area (Å²) < 4.78 is 6.90. The number of hydrogen-bond acceptors (Lipinski definition) is 5. The first-order chi connectivity index (χ1) is 10.7. The highest BCUT2D eigenvalue weighted by Crippen LogP contribution is 2.25. The lowest BCUT2D eigenvalue weighted by Gasteiger charge is -2.31. The van der Waals surface area contributed by atoms with E-state index in [-0.39, 0.29) is 11.8 Å². The van der Waals surface area contributed by atoms with Gasteiger partial charge in [-0.15, -0.1) is 0 Å². The highest BCUT2D eigenvalue weighted by Gasteiger charge is 2.27. The zero-order valence-electron chi connectivity index (χ0n) is 12.8. The van der Waals surface area contributed by atoms with Crippen molar-refractivity contribution in [3.63, 3.8) is 0 Å². The summed E-state index contributed by atoms with van der Waals surface area (Å²) in [7, 11) is 0. The van der Waals surface area contributed by atoms with Crippen molar-refractivity contribution < 1.29 is 9.32 Å². The van der Waals surface area contributed by atoms with E-state index in [0.717, 1.165) is 38.2 Å². The smallest absolute Gasteiger partial charge is 0.223 e. The average molecular weight is 303 g/mol. The van der Waals surface area contributed by atoms with E-state index in [4.69, 9.17) is 4.52 Å². The molecule has 1 aliphatic heterocycles. The summed E-state index contributed by atoms with van der Waals surface area (Å²) in [6, 6.07) is 1.89. The third-order valence-corrected chi connectivity index (χ3v) is 4.02. The minimum Gasteiger partial charge on any atom is -0.342 e. The first-order valence-electron chi connectivity index (χ1n) is 7.78. The third kappa shape index (κ3) is 3.52. The van der Waals surface area contributed by atoms with E-state index >= 15 is 0 Å². The van der Waals surface area contributed by atoms with Crippen molar-refractivity contribution in [3.05, 3.63) is 30.2 Å². The lowest BCUT2D eigenvalue weighted by molar-refractivity contribution is -0.132. The van der Waals surface area contributed by atoms with Crippen LogP contribution in [0, 0.1) is 6.92 Å². The molecule has 0 N–H and O–H groups in total. The van der Waals surface area contributed by atoms with Gasteiger partial charge < -0.3 is 9.42 Å². The van der Waals surface area contributed by atoms with Gasteiger partial charge in [0.25, 0.3) is 0 Å². The van der Waals surface area contributed by atoms with E-state index in [1.807, 2.05) is 21.8 Å². The Morgan fingerprint density at radius 3 is 3.14 bits per heavy atom. The first kappa shape index (κ1) is 14.7. The Balaban J connectivity index is 1.49. The van der Waals surface area contributed by atoms with Gasteiger partial charge in [0, 0.05) is 51.3 Å². The molecule has 1 atom stereocenters. The Bertz CT molecular complexity index is 607. The maximum absolute atomic E-state index is 12.3. The van der Waals surface area contributed by atoms with Gasteiger partial charge in [0.2, 0.25) is 11.8 Å². The van der Waals surface area contributed by atoms with Gasteiger partial charge in [-0.25, -0.2) is 0 Å². The molecule has 0 aliphatic carbocycles. The second kappa shape index (κ2) is 6.72. The topological polar surface area (TPSA) is 77.1 Å². The molecule has 0 radical (unpaired) electrons. The number of piperidine rings is 1. The predicted molar refractivity (Wildman–Crippen MR) is 79.1 cm³/mol. The molecule has 1 fully saturated rings. The van der Waals surface area contributed by atoms with Crippen LogP contribution in [-0.4, -0.2) is 43.8 Å². The van der Waals surface area contributed by atoms with Crippen LogP contribution >= 0.6 is 0 Å². The Morgan fingerprint density at radius 2 is 2.41 bits per heavy atom. The van der Waals surface area contributed by atoms with Crippen LogP contribution in [0.25, 0.3) is 0 Å². The van der Waals surface area contributed by atoms with Crippen LogP contribution in [0.5, 0.6) is 0 Å². The average Bonchev–Trinajstić information content (AvgIpc) is 3.19. The largest absolute Gasteiger partial charge is 0.342 e. The molecule has 0 bridgehead atoms. The SMILES string of the molecule is Cc1nc(C2CCCN(C(=O)CCCn3cccn3)C2)no1. The summed E-state index contributed by atoms with van der Waals surface area (Å²) in [5.41, 5.74) is 0. The number of amides is 1. The molecule has 1 amide bonds. The molecule has 1 unspecified atom stereocenters. The number of rotatable bonds is 5. The minimum absolute atomic E-state index is 0.196. The number of likely N-dealkylation sites (tertiary alicyclic amines) is 1. The number of aromatic nitrogens is 4. The van der Waals surface area contributed by atoms with Crippen LogP contribution in [0.3, 0.4) is 0 Å². The maximum Gasteiger partial charge on any atom is 0.223 e. The minimum atomic E-state index is 0.196. The summed E-state index contributed by atoms with van der Waals surface area (Å²) in [6.45, 7) is 4.09. The Hall–Kier alpha value is -2.18. The number of aryl methyl sites for hydroxylation is 2. The fourth-order valence-corrected chi connectivity index (χ4v) is 2.88. The quantitative estimate of drug-likeness (QED) is 0.841. The van der Waals surface area contributed by atoms with Crippen molar-refractivity contribution in [1.82, 2.24) is 24.8 Å². The summed E-state index contributed by atoms with van der Waals surface area (Å²) in [4.78, 5) is 18.6. The standard InChI is InChI=1S/C15H21N5O2/c1-12-17-15(18-22-12)13-5-2-8-19(11-13)14(21)6-3-9-20-10-4-7-16-20/h4,7,10,13H,2-3,5-6,8-9,11H2,1H3. The number of carbonyl (C=O) groups excluding carboxylic acids is 1. The molecule has 7 heteroatoms. The number of nitrogens with zero attached hydrogens (tertiary/aromatic N) is 5. The van der Waals surface area contributed by atoms with Gasteiger partial charge in [-0.05, 0) is 25.3 Å². The number of carbonyl (C=O) groups is 1. The van der Waals surface area contributed by atoms with Gasteiger partial charge >= 0.3 is 0 Å². The summed E-state index contributed by atoms with van der Waals surface area (Å²) in [5, 5.41) is 8.14. The molecule has 2 aromatic heterocycles. The van der Waals surface area contributed by atoms with Crippen LogP contribution in [0.2, 0.25) is 0 Å². The van der Waals surface area contributed by atoms with Gasteiger partial charge in [-0.2, -0.15) is 10.1 Å². The van der Waals surface area contributed by atoms with Gasteiger partial charge in [-0.3, -0.25) is 9.48 Å². The van der Waals surface area contributed by atoms with Crippen molar-refractivity contribution in [1.29, 1.82) is 0 Å². The molecule has 0 spiro atoms. The molecule has 3 heterocycles. The second-order valence-electron chi connectivity index (χ2n) is 5.72. The number of hydrogen-bond donors (Lipinski definition) is 0. The summed E-state index contributed by atoms with van der Waals surface area (Å²) in [6.07, 6.45) is 7.03. The Kier molecular flexibility index (Phi) is 4.50. The van der Waals surface area contributed by atoms with Gasteiger partial charge in [0.1, 0.15) is 0 Å². The fraction of sp³-hybridized carbons (Fsp3) is 0.600. The second-order valence-corrected chi connectivity index (χ2v) is 5.72. The van der Waals surface area contributed by atoms with Gasteiger partial charge in [0.15, 0.2) is 5.82 Å². The Labute approximate surface area is 129 Å². The first-order valence-corrected chi connectivity index (χ1v) is 7.78. The molecule has 7 nitrogen and oxygen atoms in total. The molecular formula is C15H21N5O2. The van der Waals surface area contributed by atoms with Crippen LogP contribution in [0.15, 0.2) is 23.0 Å². The van der Waals surface area contributed by atoms with Crippen molar-refractivity contribution >= 4 is 5.91 Å². The summed E-state index contributed by atoms with van der Waals surface area (Å²) in [5.74, 6) is 1.71. The van der Waals surface area contributed by atoms with E-state index < -0.39 is 0 Å². The van der Waals surface area contributed by atoms with E-state index in [9.17, 15) is 4.79 Å². The molecule has 0 saturated carbocycles. The molecule has 1 saturated heterocycles. The van der Waals surface area contributed by atoms with Crippen molar-refractivity contribution in [2.75, 3.05) is 13.1 Å². The third-order valence-electron chi connectivity index (χ3n) is 4.02. The summed E-state index contributed by atoms with van der Waals surface area (Å²) >= 11 is 0. The molecule has 0 aromatic carbocycles. The molecule has 118 valence electrons.